The Morgan fingerprint density at radius 2 is 1.96 bits per heavy atom. The van der Waals surface area contributed by atoms with Crippen LogP contribution in [0.4, 0.5) is 5.82 Å². The number of β-amino-alcohol motifs (C(OH)–C–C–N with tert-alkyl or cyclic N) is 1. The van der Waals surface area contributed by atoms with Gasteiger partial charge in [0.25, 0.3) is 0 Å². The number of hydrogen-bond acceptors (Lipinski definition) is 8. The van der Waals surface area contributed by atoms with Gasteiger partial charge in [-0.05, 0) is 38.5 Å². The van der Waals surface area contributed by atoms with Gasteiger partial charge < -0.3 is 25.3 Å². The van der Waals surface area contributed by atoms with Crippen molar-refractivity contribution in [3.8, 4) is 11.6 Å². The summed E-state index contributed by atoms with van der Waals surface area (Å²) in [6.07, 6.45) is -0.699. The number of ether oxygens (including phenoxy) is 2. The summed E-state index contributed by atoms with van der Waals surface area (Å²) in [5, 5.41) is 21.7. The quantitative estimate of drug-likeness (QED) is 0.334. The number of aromatic nitrogens is 2. The third-order valence-corrected chi connectivity index (χ3v) is 4.07. The lowest BCUT2D eigenvalue weighted by Gasteiger charge is -2.27. The lowest BCUT2D eigenvalue weighted by atomic mass is 10.1. The first-order chi connectivity index (χ1) is 12.8. The maximum absolute atomic E-state index is 10.2. The van der Waals surface area contributed by atoms with Gasteiger partial charge in [-0.3, -0.25) is 0 Å². The number of hydrogen-bond donors (Lipinski definition) is 4. The molecular weight excluding hydrogens is 405 g/mol. The first-order valence-electron chi connectivity index (χ1n) is 8.55. The molecule has 0 amide bonds. The molecular formula is C18H27Cl2N5O3. The molecule has 0 radical (unpaired) electrons. The van der Waals surface area contributed by atoms with Crippen molar-refractivity contribution in [2.75, 3.05) is 25.2 Å². The highest BCUT2D eigenvalue weighted by Crippen LogP contribution is 2.27. The second-order valence-electron chi connectivity index (χ2n) is 6.81. The van der Waals surface area contributed by atoms with Gasteiger partial charge in [0.1, 0.15) is 25.1 Å². The Balaban J connectivity index is 0.00000392. The number of anilines is 1. The van der Waals surface area contributed by atoms with Gasteiger partial charge in [-0.25, -0.2) is 5.84 Å². The second-order valence-corrected chi connectivity index (χ2v) is 7.21. The minimum Gasteiger partial charge on any atom is -0.489 e. The largest absolute Gasteiger partial charge is 0.489 e. The average Bonchev–Trinajstić information content (AvgIpc) is 2.65. The summed E-state index contributed by atoms with van der Waals surface area (Å²) in [4.78, 5) is 0. The lowest BCUT2D eigenvalue weighted by Crippen LogP contribution is -2.48. The van der Waals surface area contributed by atoms with Crippen molar-refractivity contribution in [2.24, 2.45) is 5.84 Å². The van der Waals surface area contributed by atoms with Crippen LogP contribution in [0.1, 0.15) is 19.4 Å². The van der Waals surface area contributed by atoms with E-state index < -0.39 is 11.6 Å². The van der Waals surface area contributed by atoms with Crippen LogP contribution in [-0.4, -0.2) is 46.7 Å². The molecule has 1 unspecified atom stereocenters. The smallest absolute Gasteiger partial charge is 0.233 e. The van der Waals surface area contributed by atoms with Crippen molar-refractivity contribution in [1.29, 1.82) is 0 Å². The molecule has 0 saturated carbocycles. The molecule has 8 nitrogen and oxygen atoms in total. The van der Waals surface area contributed by atoms with E-state index in [0.717, 1.165) is 5.56 Å². The molecule has 0 spiro atoms. The average molecular weight is 432 g/mol. The van der Waals surface area contributed by atoms with E-state index in [1.807, 2.05) is 32.9 Å². The predicted molar refractivity (Wildman–Crippen MR) is 112 cm³/mol. The summed E-state index contributed by atoms with van der Waals surface area (Å²) in [6, 6.07) is 8.86. The van der Waals surface area contributed by atoms with Crippen molar-refractivity contribution in [2.45, 2.75) is 32.4 Å². The van der Waals surface area contributed by atoms with E-state index in [2.05, 4.69) is 20.9 Å². The van der Waals surface area contributed by atoms with Gasteiger partial charge in [0, 0.05) is 18.2 Å². The van der Waals surface area contributed by atoms with Crippen LogP contribution in [0.15, 0.2) is 30.3 Å². The molecule has 28 heavy (non-hydrogen) atoms. The van der Waals surface area contributed by atoms with E-state index in [0.29, 0.717) is 35.6 Å². The molecule has 0 aliphatic carbocycles. The summed E-state index contributed by atoms with van der Waals surface area (Å²) < 4.78 is 11.3. The lowest BCUT2D eigenvalue weighted by molar-refractivity contribution is 0.0920. The number of nitrogens with two attached hydrogens (primary N) is 1. The number of aliphatic hydroxyl groups excluding tert-OH is 1. The standard InChI is InChI=1S/C18H26ClN5O3.ClH/c1-12-5-4-6-14(19)17(12)26-10-13(25)9-21-18(2,3)11-27-16-8-7-15(22-20)23-24-16;/h4-8,13,21,25H,9-11,20H2,1-3H3,(H,22,23);1H. The molecule has 0 bridgehead atoms. The highest BCUT2D eigenvalue weighted by molar-refractivity contribution is 6.32. The van der Waals surface area contributed by atoms with Crippen molar-refractivity contribution in [3.63, 3.8) is 0 Å². The number of rotatable bonds is 10. The molecule has 1 aromatic heterocycles. The number of nitrogen functional groups attached to an aromatic ring is 1. The number of nitrogens with one attached hydrogen (secondary N) is 2. The number of benzene rings is 1. The summed E-state index contributed by atoms with van der Waals surface area (Å²) >= 11 is 6.12. The van der Waals surface area contributed by atoms with Gasteiger partial charge in [-0.15, -0.1) is 22.6 Å². The zero-order valence-corrected chi connectivity index (χ0v) is 17.7. The SMILES string of the molecule is Cc1cccc(Cl)c1OCC(O)CNC(C)(C)COc1ccc(NN)nn1.Cl. The summed E-state index contributed by atoms with van der Waals surface area (Å²) in [6.45, 7) is 6.64. The zero-order chi connectivity index (χ0) is 19.9. The predicted octanol–water partition coefficient (Wildman–Crippen LogP) is 2.33. The van der Waals surface area contributed by atoms with Crippen LogP contribution < -0.4 is 26.1 Å². The van der Waals surface area contributed by atoms with Crippen molar-refractivity contribution in [1.82, 2.24) is 15.5 Å². The Kier molecular flexibility index (Phi) is 9.71. The molecule has 1 aromatic carbocycles. The van der Waals surface area contributed by atoms with E-state index in [1.54, 1.807) is 18.2 Å². The van der Waals surface area contributed by atoms with E-state index in [4.69, 9.17) is 26.9 Å². The van der Waals surface area contributed by atoms with Gasteiger partial charge in [-0.1, -0.05) is 23.7 Å². The summed E-state index contributed by atoms with van der Waals surface area (Å²) in [5.74, 6) is 6.68. The van der Waals surface area contributed by atoms with Crippen LogP contribution in [0.2, 0.25) is 5.02 Å². The fraction of sp³-hybridized carbons (Fsp3) is 0.444. The normalized spacial score (nSPS) is 12.1. The number of para-hydroxylation sites is 1. The number of aliphatic hydroxyl groups is 1. The Morgan fingerprint density at radius 3 is 2.57 bits per heavy atom. The Labute approximate surface area is 176 Å². The first-order valence-corrected chi connectivity index (χ1v) is 8.92. The molecule has 1 atom stereocenters. The molecule has 5 N–H and O–H groups in total. The van der Waals surface area contributed by atoms with E-state index in [-0.39, 0.29) is 19.0 Å². The highest BCUT2D eigenvalue weighted by Gasteiger charge is 2.20. The number of aryl methyl sites for hydroxylation is 1. The minimum absolute atomic E-state index is 0. The fourth-order valence-corrected chi connectivity index (χ4v) is 2.49. The van der Waals surface area contributed by atoms with Gasteiger partial charge >= 0.3 is 0 Å². The maximum atomic E-state index is 10.2. The first kappa shape index (κ1) is 24.2. The topological polar surface area (TPSA) is 115 Å². The molecule has 156 valence electrons. The molecule has 0 aliphatic heterocycles. The molecule has 2 rings (SSSR count). The monoisotopic (exact) mass is 431 g/mol. The zero-order valence-electron chi connectivity index (χ0n) is 16.1. The van der Waals surface area contributed by atoms with Gasteiger partial charge in [0.15, 0.2) is 5.82 Å². The molecule has 10 heteroatoms. The summed E-state index contributed by atoms with van der Waals surface area (Å²) in [5.41, 5.74) is 2.93. The molecule has 1 heterocycles. The second kappa shape index (κ2) is 11.2. The Bertz CT molecular complexity index is 711. The number of halogens is 2. The highest BCUT2D eigenvalue weighted by atomic mass is 35.5. The van der Waals surface area contributed by atoms with Crippen LogP contribution in [0.25, 0.3) is 0 Å². The van der Waals surface area contributed by atoms with Crippen molar-refractivity contribution in [3.05, 3.63) is 40.9 Å². The molecule has 0 aliphatic rings. The van der Waals surface area contributed by atoms with E-state index in [1.165, 1.54) is 0 Å². The Hall–Kier alpha value is -1.84. The Morgan fingerprint density at radius 1 is 1.21 bits per heavy atom. The third-order valence-electron chi connectivity index (χ3n) is 3.77. The van der Waals surface area contributed by atoms with Gasteiger partial charge in [0.2, 0.25) is 5.88 Å². The van der Waals surface area contributed by atoms with Crippen molar-refractivity contribution < 1.29 is 14.6 Å². The number of nitrogens with zero attached hydrogens (tertiary/aromatic N) is 2. The van der Waals surface area contributed by atoms with Crippen LogP contribution in [0.3, 0.4) is 0 Å². The van der Waals surface area contributed by atoms with Crippen LogP contribution in [0, 0.1) is 6.92 Å². The van der Waals surface area contributed by atoms with Gasteiger partial charge in [-0.2, -0.15) is 0 Å². The molecule has 0 fully saturated rings. The molecule has 0 saturated heterocycles. The minimum atomic E-state index is -0.699. The summed E-state index contributed by atoms with van der Waals surface area (Å²) in [7, 11) is 0. The molecule has 2 aromatic rings. The number of hydrazine groups is 1. The fourth-order valence-electron chi connectivity index (χ4n) is 2.21. The van der Waals surface area contributed by atoms with Crippen LogP contribution >= 0.6 is 24.0 Å². The third kappa shape index (κ3) is 7.65. The van der Waals surface area contributed by atoms with Crippen LogP contribution in [-0.2, 0) is 0 Å². The van der Waals surface area contributed by atoms with Crippen LogP contribution in [0.5, 0.6) is 11.6 Å². The van der Waals surface area contributed by atoms with Gasteiger partial charge in [0.05, 0.1) is 5.02 Å². The maximum Gasteiger partial charge on any atom is 0.233 e. The van der Waals surface area contributed by atoms with E-state index in [9.17, 15) is 5.11 Å². The van der Waals surface area contributed by atoms with Crippen molar-refractivity contribution >= 4 is 29.8 Å². The van der Waals surface area contributed by atoms with E-state index >= 15 is 0 Å².